The van der Waals surface area contributed by atoms with Gasteiger partial charge in [-0.25, -0.2) is 0 Å². The van der Waals surface area contributed by atoms with Gasteiger partial charge in [-0.3, -0.25) is 0 Å². The van der Waals surface area contributed by atoms with E-state index in [2.05, 4.69) is 0 Å². The minimum absolute atomic E-state index is 0.436. The molecule has 36 valence electrons. The Labute approximate surface area is 55.3 Å². The first-order valence-electron chi connectivity index (χ1n) is 1.52. The van der Waals surface area contributed by atoms with Crippen molar-refractivity contribution in [3.63, 3.8) is 0 Å². The maximum absolute atomic E-state index is 10.9. The number of halogens is 3. The number of carbonyl (C=O) groups is 1. The second-order valence-electron chi connectivity index (χ2n) is 1.05. The van der Waals surface area contributed by atoms with Crippen molar-refractivity contribution in [3.8, 4) is 0 Å². The molecule has 0 fully saturated rings. The summed E-state index contributed by atoms with van der Waals surface area (Å²) in [7, 11) is 0. The van der Waals surface area contributed by atoms with Crippen molar-refractivity contribution < 1.29 is 18.0 Å². The molecule has 0 aliphatic carbocycles. The molecule has 0 unspecified atom stereocenters. The molecule has 0 saturated heterocycles. The fraction of sp³-hybridized carbons (Fsp3) is 0.500. The average molecular weight is 120 g/mol. The Morgan fingerprint density at radius 1 is 1.43 bits per heavy atom. The van der Waals surface area contributed by atoms with Crippen LogP contribution in [0.2, 0.25) is 0 Å². The van der Waals surface area contributed by atoms with E-state index < -0.39 is 37.1 Å². The van der Waals surface area contributed by atoms with Gasteiger partial charge in [0.2, 0.25) is 0 Å². The molecule has 0 aliphatic rings. The molecule has 7 heavy (non-hydrogen) atoms. The van der Waals surface area contributed by atoms with Crippen molar-refractivity contribution in [2.24, 2.45) is 0 Å². The molecule has 0 amide bonds. The normalized spacial score (nSPS) is 11.6. The molecule has 5 heteroatoms. The zero-order valence-corrected chi connectivity index (χ0v) is 5.54. The first kappa shape index (κ1) is 7.46. The Morgan fingerprint density at radius 2 is 1.57 bits per heavy atom. The Kier molecular flexibility index (Phi) is 2.29. The number of hydrogen-bond acceptors (Lipinski definition) is 1. The fourth-order valence-corrected chi connectivity index (χ4v) is 0. The minimum atomic E-state index is -4.58. The van der Waals surface area contributed by atoms with Crippen molar-refractivity contribution >= 4 is 31.0 Å². The van der Waals surface area contributed by atoms with E-state index in [9.17, 15) is 18.0 Å². The molecule has 0 radical (unpaired) electrons. The Morgan fingerprint density at radius 3 is 1.57 bits per heavy atom. The predicted molar refractivity (Wildman–Crippen MR) is 16.8 cm³/mol. The molecule has 0 rings (SSSR count). The van der Waals surface area contributed by atoms with E-state index in [0.29, 0.717) is 0 Å². The molecule has 0 saturated carbocycles. The van der Waals surface area contributed by atoms with E-state index in [1.165, 1.54) is 0 Å². The summed E-state index contributed by atoms with van der Waals surface area (Å²) in [5, 5.41) is 0. The quantitative estimate of drug-likeness (QED) is 0.418. The van der Waals surface area contributed by atoms with Gasteiger partial charge in [0.05, 0.1) is 0 Å². The van der Waals surface area contributed by atoms with Crippen LogP contribution >= 0.6 is 0 Å². The van der Waals surface area contributed by atoms with Gasteiger partial charge in [0.1, 0.15) is 0 Å². The van der Waals surface area contributed by atoms with Crippen LogP contribution in [0.1, 0.15) is 0 Å². The standard InChI is InChI=1S/C2F3O.Na/c3-2(4,5)1-6;. The van der Waals surface area contributed by atoms with E-state index in [0.717, 1.165) is 0 Å². The van der Waals surface area contributed by atoms with Gasteiger partial charge < -0.3 is 0 Å². The third-order valence-electron chi connectivity index (χ3n) is 0.399. The Bertz CT molecular complexity index is 85.4. The second-order valence-corrected chi connectivity index (χ2v) is 1.96. The molecule has 0 heterocycles. The number of alkyl halides is 3. The van der Waals surface area contributed by atoms with Gasteiger partial charge >= 0.3 is 55.1 Å². The maximum atomic E-state index is 10.9. The van der Waals surface area contributed by atoms with Crippen molar-refractivity contribution in [3.05, 3.63) is 0 Å². The molecule has 0 aliphatic heterocycles. The van der Waals surface area contributed by atoms with Crippen molar-refractivity contribution in [2.45, 2.75) is 6.18 Å². The SMILES string of the molecule is O=[C]([Na])C(F)(F)F. The Balaban J connectivity index is 3.79. The summed E-state index contributed by atoms with van der Waals surface area (Å²) in [6.45, 7) is 0. The first-order chi connectivity index (χ1) is 2.94. The monoisotopic (exact) mass is 120 g/mol. The van der Waals surface area contributed by atoms with Crippen LogP contribution in [-0.2, 0) is 4.79 Å². The summed E-state index contributed by atoms with van der Waals surface area (Å²) in [6.07, 6.45) is -4.58. The van der Waals surface area contributed by atoms with E-state index in [1.54, 1.807) is 0 Å². The van der Waals surface area contributed by atoms with Crippen LogP contribution in [0.4, 0.5) is 13.2 Å². The van der Waals surface area contributed by atoms with Crippen LogP contribution in [0.3, 0.4) is 0 Å². The third kappa shape index (κ3) is 3.08. The molecule has 0 aromatic carbocycles. The van der Waals surface area contributed by atoms with E-state index in [-0.39, 0.29) is 0 Å². The predicted octanol–water partition coefficient (Wildman–Crippen LogP) is 0.244. The first-order valence-corrected chi connectivity index (χ1v) is 2.52. The van der Waals surface area contributed by atoms with Gasteiger partial charge in [0.15, 0.2) is 0 Å². The average Bonchev–Trinajstić information content (AvgIpc) is 1.31. The Hall–Kier alpha value is 0.460. The molecule has 0 bridgehead atoms. The van der Waals surface area contributed by atoms with Crippen molar-refractivity contribution in [2.75, 3.05) is 0 Å². The third-order valence-corrected chi connectivity index (χ3v) is 0.966. The summed E-state index contributed by atoms with van der Waals surface area (Å²) in [6, 6.07) is 0. The summed E-state index contributed by atoms with van der Waals surface area (Å²) in [5.74, 6) is 0. The van der Waals surface area contributed by atoms with Crippen LogP contribution < -0.4 is 0 Å². The van der Waals surface area contributed by atoms with Gasteiger partial charge in [-0.1, -0.05) is 0 Å². The van der Waals surface area contributed by atoms with Crippen LogP contribution in [0.25, 0.3) is 0 Å². The summed E-state index contributed by atoms with van der Waals surface area (Å²) in [5.41, 5.74) is 0. The second kappa shape index (κ2) is 2.15. The van der Waals surface area contributed by atoms with E-state index in [1.807, 2.05) is 0 Å². The topological polar surface area (TPSA) is 17.1 Å². The summed E-state index contributed by atoms with van der Waals surface area (Å²) >= 11 is -0.436. The van der Waals surface area contributed by atoms with Crippen molar-refractivity contribution in [1.82, 2.24) is 0 Å². The molecule has 0 aromatic rings. The van der Waals surface area contributed by atoms with Crippen molar-refractivity contribution in [1.29, 1.82) is 0 Å². The van der Waals surface area contributed by atoms with Gasteiger partial charge in [-0.15, -0.1) is 0 Å². The van der Waals surface area contributed by atoms with E-state index >= 15 is 0 Å². The van der Waals surface area contributed by atoms with E-state index in [4.69, 9.17) is 0 Å². The molecule has 0 atom stereocenters. The van der Waals surface area contributed by atoms with Crippen LogP contribution in [0, 0.1) is 0 Å². The molecule has 0 N–H and O–H groups in total. The van der Waals surface area contributed by atoms with Gasteiger partial charge in [-0.2, -0.15) is 0 Å². The molecule has 0 spiro atoms. The molecular formula is C2F3NaO. The van der Waals surface area contributed by atoms with Crippen LogP contribution in [0.15, 0.2) is 0 Å². The zero-order chi connectivity index (χ0) is 6.08. The summed E-state index contributed by atoms with van der Waals surface area (Å²) < 4.78 is 31.0. The van der Waals surface area contributed by atoms with Crippen LogP contribution in [0.5, 0.6) is 0 Å². The summed E-state index contributed by atoms with van der Waals surface area (Å²) in [4.78, 5) is 9.40. The van der Waals surface area contributed by atoms with Gasteiger partial charge in [0.25, 0.3) is 0 Å². The number of carbonyl (C=O) groups excluding carboxylic acids is 1. The molecule has 1 nitrogen and oxygen atoms in total. The molecule has 0 aromatic heterocycles. The fourth-order valence-electron chi connectivity index (χ4n) is 0. The molecular weight excluding hydrogens is 120 g/mol. The van der Waals surface area contributed by atoms with Gasteiger partial charge in [-0.05, 0) is 0 Å². The van der Waals surface area contributed by atoms with Gasteiger partial charge in [0, 0.05) is 0 Å². The zero-order valence-electron chi connectivity index (χ0n) is 3.54. The van der Waals surface area contributed by atoms with Crippen LogP contribution in [-0.4, -0.2) is 37.1 Å². The number of hydrogen-bond donors (Lipinski definition) is 0. The number of rotatable bonds is 0.